The van der Waals surface area contributed by atoms with Crippen molar-refractivity contribution in [2.24, 2.45) is 0 Å². The van der Waals surface area contributed by atoms with Crippen LogP contribution in [0.15, 0.2) is 211 Å². The van der Waals surface area contributed by atoms with Crippen molar-refractivity contribution in [3.63, 3.8) is 0 Å². The number of anilines is 6. The van der Waals surface area contributed by atoms with Crippen LogP contribution in [0.5, 0.6) is 0 Å². The molecule has 284 valence electrons. The van der Waals surface area contributed by atoms with Gasteiger partial charge in [0.05, 0.1) is 53.1 Å². The first kappa shape index (κ1) is 34.9. The van der Waals surface area contributed by atoms with Gasteiger partial charge in [0.15, 0.2) is 0 Å². The number of hydrogen-bond acceptors (Lipinski definition) is 8. The first-order chi connectivity index (χ1) is 28.7. The Morgan fingerprint density at radius 1 is 0.356 bits per heavy atom. The van der Waals surface area contributed by atoms with Crippen molar-refractivity contribution in [2.75, 3.05) is 9.80 Å². The molecule has 0 aliphatic carbocycles. The lowest BCUT2D eigenvalue weighted by atomic mass is 10.0. The van der Waals surface area contributed by atoms with Crippen LogP contribution in [0.4, 0.5) is 34.1 Å². The van der Waals surface area contributed by atoms with E-state index in [4.69, 9.17) is 4.42 Å². The monoisotopic (exact) mass is 806 g/mol. The number of nitrogens with zero attached hydrogens (tertiary/aromatic N) is 2. The zero-order valence-corrected chi connectivity index (χ0v) is 32.6. The molecule has 0 radical (unpaired) electrons. The van der Waals surface area contributed by atoms with Gasteiger partial charge in [-0.25, -0.2) is 16.8 Å². The Morgan fingerprint density at radius 3 is 1.17 bits per heavy atom. The maximum absolute atomic E-state index is 14.0. The number of para-hydroxylation sites is 4. The predicted molar refractivity (Wildman–Crippen MR) is 231 cm³/mol. The second-order valence-corrected chi connectivity index (χ2v) is 18.3. The number of hydrogen-bond donors (Lipinski definition) is 0. The van der Waals surface area contributed by atoms with Crippen molar-refractivity contribution in [3.8, 4) is 22.3 Å². The number of rotatable bonds is 4. The molecule has 2 aliphatic heterocycles. The summed E-state index contributed by atoms with van der Waals surface area (Å²) in [4.78, 5) is 18.9. The van der Waals surface area contributed by atoms with E-state index in [1.54, 1.807) is 54.6 Å². The van der Waals surface area contributed by atoms with Crippen LogP contribution < -0.4 is 15.2 Å². The van der Waals surface area contributed by atoms with Gasteiger partial charge >= 0.3 is 0 Å². The van der Waals surface area contributed by atoms with E-state index in [1.807, 2.05) is 137 Å². The molecule has 0 atom stereocenters. The molecule has 59 heavy (non-hydrogen) atoms. The van der Waals surface area contributed by atoms with E-state index < -0.39 is 19.7 Å². The van der Waals surface area contributed by atoms with E-state index in [-0.39, 0.29) is 25.0 Å². The molecule has 10 heteroatoms. The highest BCUT2D eigenvalue weighted by Crippen LogP contribution is 2.49. The van der Waals surface area contributed by atoms with Gasteiger partial charge in [0, 0.05) is 11.4 Å². The average molecular weight is 807 g/mol. The minimum absolute atomic E-state index is 0.137. The minimum Gasteiger partial charge on any atom is -0.456 e. The van der Waals surface area contributed by atoms with Crippen molar-refractivity contribution < 1.29 is 21.3 Å². The average Bonchev–Trinajstić information content (AvgIpc) is 3.27. The van der Waals surface area contributed by atoms with Crippen molar-refractivity contribution in [1.29, 1.82) is 0 Å². The maximum Gasteiger partial charge on any atom is 0.210 e. The Labute approximate surface area is 339 Å². The molecule has 1 aromatic heterocycles. The van der Waals surface area contributed by atoms with Crippen molar-refractivity contribution >= 4 is 75.7 Å². The van der Waals surface area contributed by atoms with Crippen LogP contribution in [0.3, 0.4) is 0 Å². The fourth-order valence-corrected chi connectivity index (χ4v) is 11.6. The van der Waals surface area contributed by atoms with E-state index in [0.29, 0.717) is 44.7 Å². The van der Waals surface area contributed by atoms with Gasteiger partial charge < -0.3 is 14.2 Å². The fraction of sp³-hybridized carbons (Fsp3) is 0. The normalized spacial score (nSPS) is 14.6. The van der Waals surface area contributed by atoms with E-state index in [9.17, 15) is 21.6 Å². The Bertz CT molecular complexity index is 3400. The van der Waals surface area contributed by atoms with Gasteiger partial charge in [-0.05, 0) is 119 Å². The molecule has 3 heterocycles. The molecule has 0 spiro atoms. The SMILES string of the molecule is O=c1c2ccc(-c3ccc(N4c5ccccc5S(=O)(=O)c5ccccc54)cc3)cc2oc2ccc(-c3ccc(N4c5ccccc5S(=O)(=O)c5ccccc54)cc3)cc12. The predicted octanol–water partition coefficient (Wildman–Crippen LogP) is 11.5. The lowest BCUT2D eigenvalue weighted by Gasteiger charge is -2.33. The third kappa shape index (κ3) is 5.30. The van der Waals surface area contributed by atoms with E-state index in [2.05, 4.69) is 0 Å². The molecule has 9 aromatic rings. The topological polar surface area (TPSA) is 105 Å². The highest BCUT2D eigenvalue weighted by atomic mass is 32.2. The lowest BCUT2D eigenvalue weighted by molar-refractivity contribution is 0.593. The summed E-state index contributed by atoms with van der Waals surface area (Å²) in [6.45, 7) is 0. The summed E-state index contributed by atoms with van der Waals surface area (Å²) in [5.41, 5.74) is 8.26. The summed E-state index contributed by atoms with van der Waals surface area (Å²) in [5.74, 6) is 0. The van der Waals surface area contributed by atoms with Gasteiger partial charge in [-0.3, -0.25) is 4.79 Å². The van der Waals surface area contributed by atoms with Gasteiger partial charge in [-0.1, -0.05) is 84.9 Å². The Hall–Kier alpha value is -7.27. The standard InChI is InChI=1S/C49H30N2O6S2/c52-49-37-27-21-34(32-19-25-36(26-20-32)51-41-11-3-7-15-47(41)59(55,56)48-16-8-4-12-42(48)51)30-44(37)57-43-28-22-33(29-38(43)49)31-17-23-35(24-18-31)50-39-9-1-5-13-45(39)58(53,54)46-14-6-2-10-40(46)50/h1-30H. The van der Waals surface area contributed by atoms with Gasteiger partial charge in [0.2, 0.25) is 25.1 Å². The molecule has 0 fully saturated rings. The van der Waals surface area contributed by atoms with Crippen molar-refractivity contribution in [2.45, 2.75) is 19.6 Å². The molecule has 0 saturated carbocycles. The third-order valence-electron chi connectivity index (χ3n) is 11.2. The van der Waals surface area contributed by atoms with Crippen LogP contribution >= 0.6 is 0 Å². The Kier molecular flexibility index (Phi) is 7.62. The fourth-order valence-electron chi connectivity index (χ4n) is 8.35. The summed E-state index contributed by atoms with van der Waals surface area (Å²) >= 11 is 0. The van der Waals surface area contributed by atoms with Crippen LogP contribution in [-0.4, -0.2) is 16.8 Å². The van der Waals surface area contributed by atoms with Crippen LogP contribution in [0, 0.1) is 0 Å². The van der Waals surface area contributed by atoms with Crippen LogP contribution in [0.2, 0.25) is 0 Å². The number of benzene rings is 8. The van der Waals surface area contributed by atoms with Gasteiger partial charge in [-0.2, -0.15) is 0 Å². The van der Waals surface area contributed by atoms with Gasteiger partial charge in [0.1, 0.15) is 11.2 Å². The van der Waals surface area contributed by atoms with Crippen LogP contribution in [-0.2, 0) is 19.7 Å². The lowest BCUT2D eigenvalue weighted by Crippen LogP contribution is -2.21. The quantitative estimate of drug-likeness (QED) is 0.162. The number of sulfone groups is 2. The Balaban J connectivity index is 0.910. The first-order valence-electron chi connectivity index (χ1n) is 18.9. The molecule has 0 saturated heterocycles. The summed E-state index contributed by atoms with van der Waals surface area (Å²) in [6.07, 6.45) is 0. The molecule has 8 aromatic carbocycles. The van der Waals surface area contributed by atoms with Crippen LogP contribution in [0.1, 0.15) is 0 Å². The molecule has 2 aliphatic rings. The molecule has 0 amide bonds. The molecule has 8 nitrogen and oxygen atoms in total. The minimum atomic E-state index is -3.67. The summed E-state index contributed by atoms with van der Waals surface area (Å²) < 4.78 is 60.2. The smallest absolute Gasteiger partial charge is 0.210 e. The van der Waals surface area contributed by atoms with Gasteiger partial charge in [0.25, 0.3) is 0 Å². The summed E-state index contributed by atoms with van der Waals surface area (Å²) in [5, 5.41) is 0.926. The molecule has 0 unspecified atom stereocenters. The molecular weight excluding hydrogens is 777 g/mol. The highest BCUT2D eigenvalue weighted by Gasteiger charge is 2.35. The van der Waals surface area contributed by atoms with E-state index >= 15 is 0 Å². The van der Waals surface area contributed by atoms with Crippen LogP contribution in [0.25, 0.3) is 44.2 Å². The van der Waals surface area contributed by atoms with Crippen molar-refractivity contribution in [3.05, 3.63) is 192 Å². The second kappa shape index (κ2) is 12.9. The largest absolute Gasteiger partial charge is 0.456 e. The Morgan fingerprint density at radius 2 is 0.729 bits per heavy atom. The van der Waals surface area contributed by atoms with Crippen molar-refractivity contribution in [1.82, 2.24) is 0 Å². The second-order valence-electron chi connectivity index (χ2n) is 14.5. The summed E-state index contributed by atoms with van der Waals surface area (Å²) in [7, 11) is -7.34. The van der Waals surface area contributed by atoms with E-state index in [1.165, 1.54) is 0 Å². The molecule has 0 bridgehead atoms. The zero-order chi connectivity index (χ0) is 40.0. The summed E-state index contributed by atoms with van der Waals surface area (Å²) in [6, 6.07) is 55.0. The molecular formula is C49H30N2O6S2. The molecule has 0 N–H and O–H groups in total. The number of fused-ring (bicyclic) bond motifs is 6. The maximum atomic E-state index is 14.0. The zero-order valence-electron chi connectivity index (χ0n) is 31.0. The van der Waals surface area contributed by atoms with Gasteiger partial charge in [-0.15, -0.1) is 0 Å². The molecule has 11 rings (SSSR count). The van der Waals surface area contributed by atoms with E-state index in [0.717, 1.165) is 33.6 Å². The first-order valence-corrected chi connectivity index (χ1v) is 21.8. The third-order valence-corrected chi connectivity index (χ3v) is 14.9. The highest BCUT2D eigenvalue weighted by molar-refractivity contribution is 7.92.